The number of aromatic amines is 1. The lowest BCUT2D eigenvalue weighted by Crippen LogP contribution is -1.76. The molecule has 18 heavy (non-hydrogen) atoms. The molecule has 0 unspecified atom stereocenters. The molecule has 0 atom stereocenters. The molecule has 0 aliphatic heterocycles. The van der Waals surface area contributed by atoms with Crippen molar-refractivity contribution >= 4 is 23.2 Å². The second kappa shape index (κ2) is 6.73. The Hall–Kier alpha value is -1.92. The summed E-state index contributed by atoms with van der Waals surface area (Å²) in [4.78, 5) is 15.6. The van der Waals surface area contributed by atoms with Crippen molar-refractivity contribution in [1.29, 1.82) is 0 Å². The summed E-state index contributed by atoms with van der Waals surface area (Å²) >= 11 is 1.38. The molecule has 0 aliphatic carbocycles. The van der Waals surface area contributed by atoms with Crippen LogP contribution >= 0.6 is 12.0 Å². The molecule has 0 amide bonds. The minimum atomic E-state index is 0.713. The predicted molar refractivity (Wildman–Crippen MR) is 71.0 cm³/mol. The van der Waals surface area contributed by atoms with Gasteiger partial charge in [0, 0.05) is 16.9 Å². The third kappa shape index (κ3) is 3.54. The zero-order valence-electron chi connectivity index (χ0n) is 9.78. The van der Waals surface area contributed by atoms with Crippen LogP contribution in [0.5, 0.6) is 0 Å². The molecule has 0 saturated heterocycles. The summed E-state index contributed by atoms with van der Waals surface area (Å²) in [5, 5.41) is 0. The molecular weight excluding hydrogens is 248 g/mol. The van der Waals surface area contributed by atoms with Gasteiger partial charge in [-0.15, -0.1) is 0 Å². The third-order valence-electron chi connectivity index (χ3n) is 2.02. The van der Waals surface area contributed by atoms with Gasteiger partial charge in [0.1, 0.15) is 11.8 Å². The van der Waals surface area contributed by atoms with Crippen LogP contribution in [-0.2, 0) is 4.18 Å². The molecule has 0 fully saturated rings. The Bertz CT molecular complexity index is 554. The highest BCUT2D eigenvalue weighted by atomic mass is 32.2. The van der Waals surface area contributed by atoms with E-state index in [-0.39, 0.29) is 0 Å². The van der Waals surface area contributed by atoms with Crippen molar-refractivity contribution in [3.8, 4) is 0 Å². The highest BCUT2D eigenvalue weighted by Crippen LogP contribution is 2.15. The van der Waals surface area contributed by atoms with Crippen LogP contribution in [0.25, 0.3) is 11.2 Å². The van der Waals surface area contributed by atoms with E-state index >= 15 is 0 Å². The van der Waals surface area contributed by atoms with Crippen molar-refractivity contribution in [3.63, 3.8) is 0 Å². The van der Waals surface area contributed by atoms with Crippen molar-refractivity contribution in [3.05, 3.63) is 49.2 Å². The maximum absolute atomic E-state index is 4.84. The van der Waals surface area contributed by atoms with Crippen molar-refractivity contribution in [1.82, 2.24) is 19.9 Å². The number of benzene rings is 1. The maximum Gasteiger partial charge on any atom is 0.180 e. The normalized spacial score (nSPS) is 9.83. The number of fused-ring (bicyclic) bond motifs is 1. The molecule has 0 saturated carbocycles. The molecule has 5 nitrogen and oxygen atoms in total. The minimum absolute atomic E-state index is 0.713. The van der Waals surface area contributed by atoms with Crippen LogP contribution in [-0.4, -0.2) is 27.0 Å². The van der Waals surface area contributed by atoms with Gasteiger partial charge in [-0.05, 0) is 12.1 Å². The van der Waals surface area contributed by atoms with Crippen molar-refractivity contribution < 1.29 is 4.18 Å². The number of imidazole rings is 1. The Balaban J connectivity index is 0.000000134. The standard InChI is InChI=1S/C7H8OS.C5H4N4/c1-8-9-7-5-3-2-4-6-7;1-4-5(8-2-6-1)9-3-7-4/h2-6H,1H3;1-3H,(H,6,7,8,9). The van der Waals surface area contributed by atoms with E-state index in [2.05, 4.69) is 19.9 Å². The zero-order valence-corrected chi connectivity index (χ0v) is 10.6. The molecule has 3 aromatic rings. The van der Waals surface area contributed by atoms with Gasteiger partial charge in [0.05, 0.1) is 19.6 Å². The summed E-state index contributed by atoms with van der Waals surface area (Å²) in [6, 6.07) is 9.98. The second-order valence-corrected chi connectivity index (χ2v) is 4.20. The number of aromatic nitrogens is 4. The van der Waals surface area contributed by atoms with Crippen LogP contribution in [0.4, 0.5) is 0 Å². The first-order valence-corrected chi connectivity index (χ1v) is 5.99. The van der Waals surface area contributed by atoms with Crippen LogP contribution in [0.3, 0.4) is 0 Å². The highest BCUT2D eigenvalue weighted by molar-refractivity contribution is 7.94. The number of H-pyrrole nitrogens is 1. The van der Waals surface area contributed by atoms with Gasteiger partial charge in [-0.25, -0.2) is 15.0 Å². The van der Waals surface area contributed by atoms with Gasteiger partial charge in [-0.1, -0.05) is 18.2 Å². The van der Waals surface area contributed by atoms with Gasteiger partial charge in [0.25, 0.3) is 0 Å². The summed E-state index contributed by atoms with van der Waals surface area (Å²) in [6.07, 6.45) is 4.76. The first-order valence-electron chi connectivity index (χ1n) is 5.25. The third-order valence-corrected chi connectivity index (χ3v) is 2.65. The molecule has 0 spiro atoms. The summed E-state index contributed by atoms with van der Waals surface area (Å²) < 4.78 is 4.84. The number of hydrogen-bond acceptors (Lipinski definition) is 5. The Morgan fingerprint density at radius 1 is 1.17 bits per heavy atom. The van der Waals surface area contributed by atoms with Crippen LogP contribution in [0.15, 0.2) is 54.1 Å². The molecule has 2 heterocycles. The molecule has 1 aromatic carbocycles. The SMILES string of the molecule is COSc1ccccc1.c1ncc2[nH]cnc2n1. The average Bonchev–Trinajstić information content (AvgIpc) is 2.89. The van der Waals surface area contributed by atoms with Gasteiger partial charge in [-0.3, -0.25) is 0 Å². The Labute approximate surface area is 109 Å². The quantitative estimate of drug-likeness (QED) is 0.718. The maximum atomic E-state index is 4.84. The first kappa shape index (κ1) is 12.5. The summed E-state index contributed by atoms with van der Waals surface area (Å²) in [7, 11) is 1.66. The van der Waals surface area contributed by atoms with Crippen molar-refractivity contribution in [2.75, 3.05) is 7.11 Å². The van der Waals surface area contributed by atoms with E-state index in [1.165, 1.54) is 18.4 Å². The molecule has 92 valence electrons. The fourth-order valence-electron chi connectivity index (χ4n) is 1.26. The van der Waals surface area contributed by atoms with Gasteiger partial charge < -0.3 is 9.17 Å². The van der Waals surface area contributed by atoms with E-state index in [0.29, 0.717) is 5.65 Å². The van der Waals surface area contributed by atoms with Gasteiger partial charge in [-0.2, -0.15) is 0 Å². The number of nitrogens with one attached hydrogen (secondary N) is 1. The summed E-state index contributed by atoms with van der Waals surface area (Å²) in [5.41, 5.74) is 1.59. The lowest BCUT2D eigenvalue weighted by Gasteiger charge is -1.93. The Morgan fingerprint density at radius 3 is 2.72 bits per heavy atom. The van der Waals surface area contributed by atoms with E-state index in [4.69, 9.17) is 4.18 Å². The van der Waals surface area contributed by atoms with Crippen LogP contribution in [0.1, 0.15) is 0 Å². The van der Waals surface area contributed by atoms with E-state index in [9.17, 15) is 0 Å². The molecule has 3 rings (SSSR count). The monoisotopic (exact) mass is 260 g/mol. The zero-order chi connectivity index (χ0) is 12.6. The van der Waals surface area contributed by atoms with Crippen molar-refractivity contribution in [2.24, 2.45) is 0 Å². The Kier molecular flexibility index (Phi) is 4.68. The predicted octanol–water partition coefficient (Wildman–Crippen LogP) is 2.69. The lowest BCUT2D eigenvalue weighted by atomic mass is 10.4. The molecule has 2 aromatic heterocycles. The lowest BCUT2D eigenvalue weighted by molar-refractivity contribution is 0.490. The van der Waals surface area contributed by atoms with Gasteiger partial charge in [0.2, 0.25) is 0 Å². The molecule has 1 N–H and O–H groups in total. The highest BCUT2D eigenvalue weighted by Gasteiger charge is 1.91. The van der Waals surface area contributed by atoms with E-state index in [1.54, 1.807) is 19.6 Å². The van der Waals surface area contributed by atoms with E-state index in [1.807, 2.05) is 30.3 Å². The van der Waals surface area contributed by atoms with E-state index in [0.717, 1.165) is 10.4 Å². The Morgan fingerprint density at radius 2 is 2.00 bits per heavy atom. The smallest absolute Gasteiger partial charge is 0.180 e. The van der Waals surface area contributed by atoms with E-state index < -0.39 is 0 Å². The van der Waals surface area contributed by atoms with Crippen LogP contribution in [0.2, 0.25) is 0 Å². The van der Waals surface area contributed by atoms with Gasteiger partial charge >= 0.3 is 0 Å². The summed E-state index contributed by atoms with van der Waals surface area (Å²) in [6.45, 7) is 0. The largest absolute Gasteiger partial charge is 0.342 e. The fraction of sp³-hybridized carbons (Fsp3) is 0.0833. The molecule has 0 radical (unpaired) electrons. The van der Waals surface area contributed by atoms with Crippen molar-refractivity contribution in [2.45, 2.75) is 4.90 Å². The topological polar surface area (TPSA) is 63.7 Å². The van der Waals surface area contributed by atoms with Crippen LogP contribution in [0, 0.1) is 0 Å². The average molecular weight is 260 g/mol. The second-order valence-electron chi connectivity index (χ2n) is 3.23. The minimum Gasteiger partial charge on any atom is -0.342 e. The number of hydrogen-bond donors (Lipinski definition) is 1. The number of nitrogens with zero attached hydrogens (tertiary/aromatic N) is 3. The first-order chi connectivity index (χ1) is 8.90. The summed E-state index contributed by atoms with van der Waals surface area (Å²) in [5.74, 6) is 0. The molecule has 0 aliphatic rings. The molecular formula is C12H12N4OS. The molecule has 6 heteroatoms. The fourth-order valence-corrected chi connectivity index (χ4v) is 1.72. The number of rotatable bonds is 2. The van der Waals surface area contributed by atoms with Gasteiger partial charge in [0.15, 0.2) is 5.65 Å². The van der Waals surface area contributed by atoms with Crippen LogP contribution < -0.4 is 0 Å². The molecule has 0 bridgehead atoms.